The second-order valence-electron chi connectivity index (χ2n) is 6.89. The lowest BCUT2D eigenvalue weighted by Crippen LogP contribution is -2.49. The standard InChI is InChI=1S/C21H25N5OS/c1-2-17-14-18-20(23-15-24-21(18)28-17)22-9-8-19(27)26-12-10-25(11-13-26)16-6-4-3-5-7-16/h3-7,14-15H,2,8-13H2,1H3,(H,22,23,24). The van der Waals surface area contributed by atoms with Gasteiger partial charge in [-0.1, -0.05) is 25.1 Å². The number of thiophene rings is 1. The van der Waals surface area contributed by atoms with Crippen molar-refractivity contribution in [2.75, 3.05) is 42.9 Å². The minimum absolute atomic E-state index is 0.199. The number of carbonyl (C=O) groups excluding carboxylic acids is 1. The van der Waals surface area contributed by atoms with Crippen LogP contribution in [0.1, 0.15) is 18.2 Å². The van der Waals surface area contributed by atoms with E-state index in [2.05, 4.69) is 57.4 Å². The lowest BCUT2D eigenvalue weighted by Gasteiger charge is -2.36. The predicted molar refractivity (Wildman–Crippen MR) is 115 cm³/mol. The van der Waals surface area contributed by atoms with Crippen LogP contribution in [-0.2, 0) is 11.2 Å². The number of amides is 1. The van der Waals surface area contributed by atoms with Crippen LogP contribution >= 0.6 is 11.3 Å². The Morgan fingerprint density at radius 1 is 1.14 bits per heavy atom. The normalized spacial score (nSPS) is 14.5. The molecule has 7 heteroatoms. The summed E-state index contributed by atoms with van der Waals surface area (Å²) >= 11 is 1.70. The Balaban J connectivity index is 1.28. The fourth-order valence-corrected chi connectivity index (χ4v) is 4.45. The Bertz CT molecular complexity index is 934. The molecule has 3 heterocycles. The minimum atomic E-state index is 0.199. The molecule has 0 unspecified atom stereocenters. The molecule has 1 aliphatic heterocycles. The van der Waals surface area contributed by atoms with Crippen LogP contribution in [0.4, 0.5) is 11.5 Å². The van der Waals surface area contributed by atoms with E-state index >= 15 is 0 Å². The molecule has 1 amide bonds. The Morgan fingerprint density at radius 2 is 1.93 bits per heavy atom. The molecule has 1 aromatic carbocycles. The summed E-state index contributed by atoms with van der Waals surface area (Å²) < 4.78 is 0. The molecule has 4 rings (SSSR count). The van der Waals surface area contributed by atoms with Gasteiger partial charge < -0.3 is 15.1 Å². The molecule has 3 aromatic rings. The van der Waals surface area contributed by atoms with Gasteiger partial charge >= 0.3 is 0 Å². The summed E-state index contributed by atoms with van der Waals surface area (Å²) in [7, 11) is 0. The third-order valence-corrected chi connectivity index (χ3v) is 6.30. The van der Waals surface area contributed by atoms with Crippen molar-refractivity contribution in [2.24, 2.45) is 0 Å². The average Bonchev–Trinajstić information content (AvgIpc) is 3.19. The van der Waals surface area contributed by atoms with Crippen LogP contribution in [0.5, 0.6) is 0 Å². The predicted octanol–water partition coefficient (Wildman–Crippen LogP) is 3.40. The average molecular weight is 396 g/mol. The highest BCUT2D eigenvalue weighted by molar-refractivity contribution is 7.18. The first kappa shape index (κ1) is 18.7. The van der Waals surface area contributed by atoms with E-state index < -0.39 is 0 Å². The number of carbonyl (C=O) groups is 1. The molecule has 0 aliphatic carbocycles. The van der Waals surface area contributed by atoms with E-state index in [1.165, 1.54) is 10.6 Å². The number of benzene rings is 1. The van der Waals surface area contributed by atoms with Gasteiger partial charge in [0.2, 0.25) is 5.91 Å². The van der Waals surface area contributed by atoms with Gasteiger partial charge in [-0.2, -0.15) is 0 Å². The topological polar surface area (TPSA) is 61.4 Å². The molecule has 6 nitrogen and oxygen atoms in total. The third kappa shape index (κ3) is 4.09. The number of nitrogens with one attached hydrogen (secondary N) is 1. The Labute approximate surface area is 169 Å². The third-order valence-electron chi connectivity index (χ3n) is 5.11. The lowest BCUT2D eigenvalue weighted by atomic mass is 10.2. The monoisotopic (exact) mass is 395 g/mol. The van der Waals surface area contributed by atoms with Crippen molar-refractivity contribution in [3.8, 4) is 0 Å². The molecule has 0 radical (unpaired) electrons. The fourth-order valence-electron chi connectivity index (χ4n) is 3.52. The van der Waals surface area contributed by atoms with E-state index in [9.17, 15) is 4.79 Å². The smallest absolute Gasteiger partial charge is 0.224 e. The first-order valence-corrected chi connectivity index (χ1v) is 10.6. The van der Waals surface area contributed by atoms with E-state index in [-0.39, 0.29) is 5.91 Å². The summed E-state index contributed by atoms with van der Waals surface area (Å²) in [5.74, 6) is 1.02. The number of rotatable bonds is 6. The van der Waals surface area contributed by atoms with E-state index in [1.807, 2.05) is 11.0 Å². The number of aryl methyl sites for hydroxylation is 1. The molecule has 2 aromatic heterocycles. The molecule has 1 N–H and O–H groups in total. The zero-order valence-electron chi connectivity index (χ0n) is 16.1. The quantitative estimate of drug-likeness (QED) is 0.693. The number of piperazine rings is 1. The van der Waals surface area contributed by atoms with Gasteiger partial charge in [0, 0.05) is 49.7 Å². The van der Waals surface area contributed by atoms with Crippen LogP contribution in [0.25, 0.3) is 10.2 Å². The first-order valence-electron chi connectivity index (χ1n) is 9.79. The zero-order valence-corrected chi connectivity index (χ0v) is 16.9. The minimum Gasteiger partial charge on any atom is -0.369 e. The molecule has 146 valence electrons. The molecular formula is C21H25N5OS. The van der Waals surface area contributed by atoms with Crippen molar-refractivity contribution in [2.45, 2.75) is 19.8 Å². The summed E-state index contributed by atoms with van der Waals surface area (Å²) in [6, 6.07) is 12.5. The van der Waals surface area contributed by atoms with Crippen molar-refractivity contribution < 1.29 is 4.79 Å². The van der Waals surface area contributed by atoms with Crippen LogP contribution < -0.4 is 10.2 Å². The highest BCUT2D eigenvalue weighted by Crippen LogP contribution is 2.28. The second kappa shape index (κ2) is 8.56. The van der Waals surface area contributed by atoms with E-state index in [0.717, 1.165) is 48.6 Å². The molecule has 28 heavy (non-hydrogen) atoms. The van der Waals surface area contributed by atoms with Crippen molar-refractivity contribution in [3.63, 3.8) is 0 Å². The molecule has 0 spiro atoms. The van der Waals surface area contributed by atoms with E-state index in [0.29, 0.717) is 13.0 Å². The van der Waals surface area contributed by atoms with Gasteiger partial charge in [0.25, 0.3) is 0 Å². The number of fused-ring (bicyclic) bond motifs is 1. The summed E-state index contributed by atoms with van der Waals surface area (Å²) in [4.78, 5) is 27.9. The van der Waals surface area contributed by atoms with Crippen molar-refractivity contribution in [1.29, 1.82) is 0 Å². The van der Waals surface area contributed by atoms with Crippen molar-refractivity contribution >= 4 is 39.0 Å². The van der Waals surface area contributed by atoms with Crippen LogP contribution in [-0.4, -0.2) is 53.5 Å². The van der Waals surface area contributed by atoms with Gasteiger partial charge in [0.05, 0.1) is 5.39 Å². The number of aromatic nitrogens is 2. The Morgan fingerprint density at radius 3 is 2.68 bits per heavy atom. The van der Waals surface area contributed by atoms with Crippen molar-refractivity contribution in [3.05, 3.63) is 47.6 Å². The van der Waals surface area contributed by atoms with Crippen molar-refractivity contribution in [1.82, 2.24) is 14.9 Å². The number of hydrogen-bond acceptors (Lipinski definition) is 6. The molecule has 0 bridgehead atoms. The number of hydrogen-bond donors (Lipinski definition) is 1. The maximum atomic E-state index is 12.6. The SMILES string of the molecule is CCc1cc2c(NCCC(=O)N3CCN(c4ccccc4)CC3)ncnc2s1. The Kier molecular flexibility index (Phi) is 5.71. The molecule has 1 fully saturated rings. The largest absolute Gasteiger partial charge is 0.369 e. The van der Waals surface area contributed by atoms with Gasteiger partial charge in [-0.15, -0.1) is 11.3 Å². The number of nitrogens with zero attached hydrogens (tertiary/aromatic N) is 4. The maximum Gasteiger partial charge on any atom is 0.224 e. The molecule has 1 aliphatic rings. The van der Waals surface area contributed by atoms with Crippen LogP contribution in [0.2, 0.25) is 0 Å². The van der Waals surface area contributed by atoms with Gasteiger partial charge in [0.15, 0.2) is 0 Å². The second-order valence-corrected chi connectivity index (χ2v) is 8.00. The molecule has 0 atom stereocenters. The Hall–Kier alpha value is -2.67. The molecular weight excluding hydrogens is 370 g/mol. The van der Waals surface area contributed by atoms with Crippen LogP contribution in [0, 0.1) is 0 Å². The first-order chi connectivity index (χ1) is 13.7. The van der Waals surface area contributed by atoms with Gasteiger partial charge in [0.1, 0.15) is 17.0 Å². The van der Waals surface area contributed by atoms with Gasteiger partial charge in [-0.25, -0.2) is 9.97 Å². The van der Waals surface area contributed by atoms with Crippen LogP contribution in [0.3, 0.4) is 0 Å². The summed E-state index contributed by atoms with van der Waals surface area (Å²) in [6.45, 7) is 6.03. The highest BCUT2D eigenvalue weighted by Gasteiger charge is 2.21. The number of anilines is 2. The summed E-state index contributed by atoms with van der Waals surface area (Å²) in [5, 5.41) is 4.38. The zero-order chi connectivity index (χ0) is 19.3. The van der Waals surface area contributed by atoms with Crippen LogP contribution in [0.15, 0.2) is 42.7 Å². The maximum absolute atomic E-state index is 12.6. The van der Waals surface area contributed by atoms with E-state index in [1.54, 1.807) is 17.7 Å². The summed E-state index contributed by atoms with van der Waals surface area (Å²) in [6.07, 6.45) is 3.06. The fraction of sp³-hybridized carbons (Fsp3) is 0.381. The van der Waals surface area contributed by atoms with Gasteiger partial charge in [-0.05, 0) is 24.6 Å². The van der Waals surface area contributed by atoms with E-state index in [4.69, 9.17) is 0 Å². The molecule has 1 saturated heterocycles. The molecule has 0 saturated carbocycles. The lowest BCUT2D eigenvalue weighted by molar-refractivity contribution is -0.131. The highest BCUT2D eigenvalue weighted by atomic mass is 32.1. The van der Waals surface area contributed by atoms with Gasteiger partial charge in [-0.3, -0.25) is 4.79 Å². The number of para-hydroxylation sites is 1. The summed E-state index contributed by atoms with van der Waals surface area (Å²) in [5.41, 5.74) is 1.23.